The normalized spacial score (nSPS) is 12.3. The monoisotopic (exact) mass is 300 g/mol. The van der Waals surface area contributed by atoms with Crippen molar-refractivity contribution < 1.29 is 9.53 Å². The number of carbonyl (C=O) groups excluding carboxylic acids is 1. The molecular formula is C18H24N2O2. The highest BCUT2D eigenvalue weighted by Crippen LogP contribution is 2.20. The molecule has 0 radical (unpaired) electrons. The van der Waals surface area contributed by atoms with Gasteiger partial charge in [-0.25, -0.2) is 0 Å². The molecule has 0 aliphatic carbocycles. The molecule has 1 amide bonds. The third kappa shape index (κ3) is 4.55. The van der Waals surface area contributed by atoms with Gasteiger partial charge in [-0.3, -0.25) is 4.79 Å². The number of hydrogen-bond donors (Lipinski definition) is 2. The molecule has 0 aromatic heterocycles. The second kappa shape index (κ2) is 8.51. The molecule has 1 atom stereocenters. The molecule has 1 unspecified atom stereocenters. The number of benzene rings is 2. The standard InChI is InChI=1S/C18H24N2O2/c1-2-22-11-5-8-18(21)20-17(13-19)16-10-9-14-6-3-4-7-15(14)12-16/h3-4,6-7,9-10,12,17H,2,5,8,11,13,19H2,1H3,(H,20,21). The highest BCUT2D eigenvalue weighted by atomic mass is 16.5. The Balaban J connectivity index is 1.98. The summed E-state index contributed by atoms with van der Waals surface area (Å²) in [5.41, 5.74) is 6.88. The van der Waals surface area contributed by atoms with Crippen LogP contribution in [0, 0.1) is 0 Å². The summed E-state index contributed by atoms with van der Waals surface area (Å²) < 4.78 is 5.24. The smallest absolute Gasteiger partial charge is 0.220 e. The SMILES string of the molecule is CCOCCCC(=O)NC(CN)c1ccc2ccccc2c1. The van der Waals surface area contributed by atoms with Crippen LogP contribution in [0.15, 0.2) is 42.5 Å². The molecule has 0 bridgehead atoms. The lowest BCUT2D eigenvalue weighted by molar-refractivity contribution is -0.122. The fourth-order valence-corrected chi connectivity index (χ4v) is 2.45. The Labute approximate surface area is 131 Å². The molecule has 4 heteroatoms. The van der Waals surface area contributed by atoms with Crippen LogP contribution in [0.3, 0.4) is 0 Å². The molecule has 4 nitrogen and oxygen atoms in total. The first-order valence-electron chi connectivity index (χ1n) is 7.80. The fourth-order valence-electron chi connectivity index (χ4n) is 2.45. The number of nitrogens with two attached hydrogens (primary N) is 1. The minimum Gasteiger partial charge on any atom is -0.382 e. The summed E-state index contributed by atoms with van der Waals surface area (Å²) in [5.74, 6) is 0.0170. The molecule has 0 heterocycles. The van der Waals surface area contributed by atoms with Crippen LogP contribution in [0.1, 0.15) is 31.4 Å². The average molecular weight is 300 g/mol. The van der Waals surface area contributed by atoms with Crippen molar-refractivity contribution in [2.24, 2.45) is 5.73 Å². The van der Waals surface area contributed by atoms with Crippen LogP contribution >= 0.6 is 0 Å². The van der Waals surface area contributed by atoms with Crippen LogP contribution in [0.2, 0.25) is 0 Å². The molecule has 2 aromatic carbocycles. The summed E-state index contributed by atoms with van der Waals surface area (Å²) in [7, 11) is 0. The molecular weight excluding hydrogens is 276 g/mol. The molecule has 0 saturated heterocycles. The van der Waals surface area contributed by atoms with Crippen LogP contribution < -0.4 is 11.1 Å². The predicted molar refractivity (Wildman–Crippen MR) is 89.6 cm³/mol. The van der Waals surface area contributed by atoms with Crippen LogP contribution in [0.5, 0.6) is 0 Å². The van der Waals surface area contributed by atoms with E-state index in [1.807, 2.05) is 25.1 Å². The van der Waals surface area contributed by atoms with Crippen LogP contribution in [0.4, 0.5) is 0 Å². The van der Waals surface area contributed by atoms with Gasteiger partial charge in [0.1, 0.15) is 0 Å². The molecule has 118 valence electrons. The van der Waals surface area contributed by atoms with Crippen molar-refractivity contribution in [1.29, 1.82) is 0 Å². The van der Waals surface area contributed by atoms with Crippen molar-refractivity contribution in [2.75, 3.05) is 19.8 Å². The van der Waals surface area contributed by atoms with Crippen molar-refractivity contribution >= 4 is 16.7 Å². The fraction of sp³-hybridized carbons (Fsp3) is 0.389. The van der Waals surface area contributed by atoms with Gasteiger partial charge in [0.05, 0.1) is 6.04 Å². The van der Waals surface area contributed by atoms with Crippen molar-refractivity contribution in [3.8, 4) is 0 Å². The van der Waals surface area contributed by atoms with Gasteiger partial charge in [0.2, 0.25) is 5.91 Å². The number of ether oxygens (including phenoxy) is 1. The minimum absolute atomic E-state index is 0.0170. The summed E-state index contributed by atoms with van der Waals surface area (Å²) in [6, 6.07) is 14.2. The van der Waals surface area contributed by atoms with Crippen molar-refractivity contribution in [2.45, 2.75) is 25.8 Å². The molecule has 0 spiro atoms. The second-order valence-electron chi connectivity index (χ2n) is 5.26. The highest BCUT2D eigenvalue weighted by Gasteiger charge is 2.13. The lowest BCUT2D eigenvalue weighted by atomic mass is 10.0. The zero-order chi connectivity index (χ0) is 15.8. The molecule has 0 saturated carbocycles. The first-order valence-corrected chi connectivity index (χ1v) is 7.80. The van der Waals surface area contributed by atoms with Crippen LogP contribution in [-0.2, 0) is 9.53 Å². The van der Waals surface area contributed by atoms with E-state index in [0.29, 0.717) is 26.2 Å². The third-order valence-electron chi connectivity index (χ3n) is 3.64. The summed E-state index contributed by atoms with van der Waals surface area (Å²) in [5, 5.41) is 5.35. The van der Waals surface area contributed by atoms with Crippen molar-refractivity contribution in [3.63, 3.8) is 0 Å². The van der Waals surface area contributed by atoms with E-state index in [1.54, 1.807) is 0 Å². The second-order valence-corrected chi connectivity index (χ2v) is 5.26. The van der Waals surface area contributed by atoms with E-state index in [1.165, 1.54) is 5.39 Å². The maximum absolute atomic E-state index is 12.0. The molecule has 0 aliphatic rings. The Hall–Kier alpha value is -1.91. The Morgan fingerprint density at radius 3 is 2.73 bits per heavy atom. The summed E-state index contributed by atoms with van der Waals surface area (Å²) in [6.45, 7) is 3.64. The largest absolute Gasteiger partial charge is 0.382 e. The van der Waals surface area contributed by atoms with Crippen LogP contribution in [-0.4, -0.2) is 25.7 Å². The Morgan fingerprint density at radius 1 is 1.23 bits per heavy atom. The third-order valence-corrected chi connectivity index (χ3v) is 3.64. The maximum atomic E-state index is 12.0. The first kappa shape index (κ1) is 16.5. The van der Waals surface area contributed by atoms with E-state index >= 15 is 0 Å². The molecule has 0 aliphatic heterocycles. The minimum atomic E-state index is -0.149. The lowest BCUT2D eigenvalue weighted by Gasteiger charge is -2.18. The van der Waals surface area contributed by atoms with Gasteiger partial charge >= 0.3 is 0 Å². The molecule has 3 N–H and O–H groups in total. The van der Waals surface area contributed by atoms with Gasteiger partial charge in [-0.1, -0.05) is 36.4 Å². The Bertz CT molecular complexity index is 613. The first-order chi connectivity index (χ1) is 10.7. The van der Waals surface area contributed by atoms with E-state index in [4.69, 9.17) is 10.5 Å². The van der Waals surface area contributed by atoms with Gasteiger partial charge < -0.3 is 15.8 Å². The molecule has 2 aromatic rings. The zero-order valence-corrected chi connectivity index (χ0v) is 13.0. The number of hydrogen-bond acceptors (Lipinski definition) is 3. The summed E-state index contributed by atoms with van der Waals surface area (Å²) in [4.78, 5) is 12.0. The Kier molecular flexibility index (Phi) is 6.37. The maximum Gasteiger partial charge on any atom is 0.220 e. The predicted octanol–water partition coefficient (Wildman–Crippen LogP) is 2.77. The summed E-state index contributed by atoms with van der Waals surface area (Å²) in [6.07, 6.45) is 1.19. The molecule has 2 rings (SSSR count). The van der Waals surface area contributed by atoms with Gasteiger partial charge in [-0.05, 0) is 35.7 Å². The number of rotatable bonds is 8. The topological polar surface area (TPSA) is 64.3 Å². The van der Waals surface area contributed by atoms with Gasteiger partial charge in [-0.15, -0.1) is 0 Å². The van der Waals surface area contributed by atoms with Gasteiger partial charge in [0.15, 0.2) is 0 Å². The van der Waals surface area contributed by atoms with E-state index in [2.05, 4.69) is 29.6 Å². The van der Waals surface area contributed by atoms with E-state index in [-0.39, 0.29) is 11.9 Å². The van der Waals surface area contributed by atoms with Crippen molar-refractivity contribution in [3.05, 3.63) is 48.0 Å². The Morgan fingerprint density at radius 2 is 2.00 bits per heavy atom. The van der Waals surface area contributed by atoms with Gasteiger partial charge in [-0.2, -0.15) is 0 Å². The van der Waals surface area contributed by atoms with Gasteiger partial charge in [0, 0.05) is 26.2 Å². The number of nitrogens with one attached hydrogen (secondary N) is 1. The summed E-state index contributed by atoms with van der Waals surface area (Å²) >= 11 is 0. The van der Waals surface area contributed by atoms with E-state index < -0.39 is 0 Å². The lowest BCUT2D eigenvalue weighted by Crippen LogP contribution is -2.33. The van der Waals surface area contributed by atoms with Crippen molar-refractivity contribution in [1.82, 2.24) is 5.32 Å². The molecule has 0 fully saturated rings. The average Bonchev–Trinajstić information content (AvgIpc) is 2.56. The zero-order valence-electron chi connectivity index (χ0n) is 13.0. The quantitative estimate of drug-likeness (QED) is 0.737. The van der Waals surface area contributed by atoms with E-state index in [0.717, 1.165) is 17.4 Å². The van der Waals surface area contributed by atoms with Crippen LogP contribution in [0.25, 0.3) is 10.8 Å². The number of fused-ring (bicyclic) bond motifs is 1. The molecule has 22 heavy (non-hydrogen) atoms. The van der Waals surface area contributed by atoms with Gasteiger partial charge in [0.25, 0.3) is 0 Å². The highest BCUT2D eigenvalue weighted by molar-refractivity contribution is 5.83. The number of amides is 1. The number of carbonyl (C=O) groups is 1. The van der Waals surface area contributed by atoms with E-state index in [9.17, 15) is 4.79 Å².